The highest BCUT2D eigenvalue weighted by molar-refractivity contribution is 5.95. The molecule has 21 heavy (non-hydrogen) atoms. The van der Waals surface area contributed by atoms with Gasteiger partial charge in [0, 0.05) is 11.3 Å². The molecular weight excluding hydrogens is 266 g/mol. The minimum absolute atomic E-state index is 0.124. The van der Waals surface area contributed by atoms with Gasteiger partial charge in [-0.05, 0) is 48.6 Å². The minimum atomic E-state index is -1.03. The van der Waals surface area contributed by atoms with Gasteiger partial charge in [0.25, 0.3) is 0 Å². The third kappa shape index (κ3) is 2.70. The third-order valence-electron chi connectivity index (χ3n) is 3.86. The molecule has 0 amide bonds. The quantitative estimate of drug-likeness (QED) is 0.846. The number of carbonyl (C=O) groups is 1. The number of hydrogen-bond donors (Lipinski definition) is 2. The molecule has 4 nitrogen and oxygen atoms in total. The van der Waals surface area contributed by atoms with Gasteiger partial charge in [0.05, 0.1) is 5.56 Å². The van der Waals surface area contributed by atoms with Crippen molar-refractivity contribution < 1.29 is 14.6 Å². The van der Waals surface area contributed by atoms with E-state index in [1.165, 1.54) is 17.5 Å². The summed E-state index contributed by atoms with van der Waals surface area (Å²) < 4.78 is 5.74. The zero-order valence-electron chi connectivity index (χ0n) is 11.6. The van der Waals surface area contributed by atoms with Gasteiger partial charge < -0.3 is 15.6 Å². The first kappa shape index (κ1) is 13.5. The molecule has 0 heterocycles. The van der Waals surface area contributed by atoms with Crippen molar-refractivity contribution in [2.75, 3.05) is 5.73 Å². The van der Waals surface area contributed by atoms with Crippen molar-refractivity contribution in [3.05, 3.63) is 58.7 Å². The van der Waals surface area contributed by atoms with Gasteiger partial charge in [0.1, 0.15) is 12.4 Å². The van der Waals surface area contributed by atoms with Crippen LogP contribution in [0.4, 0.5) is 5.69 Å². The summed E-state index contributed by atoms with van der Waals surface area (Å²) in [6.07, 6.45) is 3.41. The predicted molar refractivity (Wildman–Crippen MR) is 80.6 cm³/mol. The highest BCUT2D eigenvalue weighted by atomic mass is 16.5. The number of nitrogens with two attached hydrogens (primary N) is 1. The molecule has 2 aromatic rings. The zero-order chi connectivity index (χ0) is 14.8. The van der Waals surface area contributed by atoms with Crippen molar-refractivity contribution in [1.82, 2.24) is 0 Å². The molecule has 4 heteroatoms. The first-order valence-electron chi connectivity index (χ1n) is 7.00. The maximum atomic E-state index is 11.3. The Morgan fingerprint density at radius 1 is 1.19 bits per heavy atom. The summed E-state index contributed by atoms with van der Waals surface area (Å²) in [5.41, 5.74) is 9.42. The third-order valence-corrected chi connectivity index (χ3v) is 3.86. The van der Waals surface area contributed by atoms with Gasteiger partial charge in [0.15, 0.2) is 0 Å². The van der Waals surface area contributed by atoms with Crippen LogP contribution in [0.3, 0.4) is 0 Å². The summed E-state index contributed by atoms with van der Waals surface area (Å²) in [7, 11) is 0. The Hall–Kier alpha value is -2.49. The van der Waals surface area contributed by atoms with Gasteiger partial charge in [-0.1, -0.05) is 18.2 Å². The van der Waals surface area contributed by atoms with Crippen LogP contribution < -0.4 is 10.5 Å². The number of benzene rings is 2. The lowest BCUT2D eigenvalue weighted by molar-refractivity contribution is 0.0695. The fraction of sp³-hybridized carbons (Fsp3) is 0.235. The lowest BCUT2D eigenvalue weighted by Gasteiger charge is -2.11. The largest absolute Gasteiger partial charge is 0.489 e. The van der Waals surface area contributed by atoms with Gasteiger partial charge in [-0.15, -0.1) is 0 Å². The Kier molecular flexibility index (Phi) is 3.52. The number of anilines is 1. The first-order valence-corrected chi connectivity index (χ1v) is 7.00. The van der Waals surface area contributed by atoms with E-state index in [9.17, 15) is 9.90 Å². The van der Waals surface area contributed by atoms with E-state index in [1.54, 1.807) is 18.2 Å². The molecule has 0 aliphatic heterocycles. The summed E-state index contributed by atoms with van der Waals surface area (Å²) in [6.45, 7) is 0.200. The first-order chi connectivity index (χ1) is 10.1. The molecule has 2 aromatic carbocycles. The Morgan fingerprint density at radius 2 is 2.00 bits per heavy atom. The lowest BCUT2D eigenvalue weighted by Crippen LogP contribution is -2.09. The molecule has 0 saturated carbocycles. The van der Waals surface area contributed by atoms with Crippen LogP contribution in [0.1, 0.15) is 33.5 Å². The van der Waals surface area contributed by atoms with Crippen LogP contribution in [-0.2, 0) is 19.4 Å². The molecule has 108 valence electrons. The van der Waals surface area contributed by atoms with Crippen molar-refractivity contribution in [1.29, 1.82) is 0 Å². The molecule has 0 unspecified atom stereocenters. The topological polar surface area (TPSA) is 72.5 Å². The second-order valence-corrected chi connectivity index (χ2v) is 5.26. The summed E-state index contributed by atoms with van der Waals surface area (Å²) in [5, 5.41) is 9.23. The van der Waals surface area contributed by atoms with E-state index in [0.717, 1.165) is 18.6 Å². The normalized spacial score (nSPS) is 13.0. The fourth-order valence-corrected chi connectivity index (χ4v) is 2.80. The molecule has 0 spiro atoms. The Morgan fingerprint density at radius 3 is 2.81 bits per heavy atom. The number of aromatic carboxylic acids is 1. The molecule has 0 bridgehead atoms. The van der Waals surface area contributed by atoms with E-state index >= 15 is 0 Å². The van der Waals surface area contributed by atoms with Gasteiger partial charge >= 0.3 is 5.97 Å². The molecule has 0 fully saturated rings. The van der Waals surface area contributed by atoms with E-state index in [2.05, 4.69) is 12.1 Å². The molecule has 1 aliphatic carbocycles. The van der Waals surface area contributed by atoms with Crippen molar-refractivity contribution in [2.24, 2.45) is 0 Å². The number of carboxylic acid groups (broad SMARTS) is 1. The maximum absolute atomic E-state index is 11.3. The van der Waals surface area contributed by atoms with E-state index in [1.807, 2.05) is 6.07 Å². The number of hydrogen-bond acceptors (Lipinski definition) is 3. The second-order valence-electron chi connectivity index (χ2n) is 5.26. The number of fused-ring (bicyclic) bond motifs is 1. The van der Waals surface area contributed by atoms with Crippen LogP contribution in [0.15, 0.2) is 36.4 Å². The van der Waals surface area contributed by atoms with Crippen molar-refractivity contribution in [3.8, 4) is 5.75 Å². The highest BCUT2D eigenvalue weighted by Crippen LogP contribution is 2.27. The molecule has 3 rings (SSSR count). The molecule has 0 saturated heterocycles. The zero-order valence-corrected chi connectivity index (χ0v) is 11.6. The van der Waals surface area contributed by atoms with E-state index < -0.39 is 5.97 Å². The van der Waals surface area contributed by atoms with Crippen LogP contribution >= 0.6 is 0 Å². The van der Waals surface area contributed by atoms with Crippen LogP contribution in [-0.4, -0.2) is 11.1 Å². The number of ether oxygens (including phenoxy) is 1. The van der Waals surface area contributed by atoms with Gasteiger partial charge in [-0.2, -0.15) is 0 Å². The van der Waals surface area contributed by atoms with Gasteiger partial charge in [-0.25, -0.2) is 4.79 Å². The Balaban J connectivity index is 1.79. The number of aryl methyl sites for hydroxylation is 2. The van der Waals surface area contributed by atoms with Crippen LogP contribution in [0.5, 0.6) is 5.75 Å². The Bertz CT molecular complexity index is 694. The highest BCUT2D eigenvalue weighted by Gasteiger charge is 2.15. The monoisotopic (exact) mass is 283 g/mol. The van der Waals surface area contributed by atoms with Crippen LogP contribution in [0.2, 0.25) is 0 Å². The minimum Gasteiger partial charge on any atom is -0.489 e. The lowest BCUT2D eigenvalue weighted by atomic mass is 10.1. The van der Waals surface area contributed by atoms with Gasteiger partial charge in [0.2, 0.25) is 0 Å². The van der Waals surface area contributed by atoms with E-state index in [-0.39, 0.29) is 17.9 Å². The molecule has 0 aromatic heterocycles. The van der Waals surface area contributed by atoms with E-state index in [0.29, 0.717) is 5.56 Å². The standard InChI is InChI=1S/C17H17NO3/c18-15-6-2-5-13(16(15)17(19)20)10-21-14-8-7-11-3-1-4-12(11)9-14/h2,5-9H,1,3-4,10,18H2,(H,19,20). The summed E-state index contributed by atoms with van der Waals surface area (Å²) >= 11 is 0. The number of carboxylic acids is 1. The predicted octanol–water partition coefficient (Wildman–Crippen LogP) is 3.03. The van der Waals surface area contributed by atoms with Gasteiger partial charge in [-0.3, -0.25) is 0 Å². The second kappa shape index (κ2) is 5.48. The summed E-state index contributed by atoms with van der Waals surface area (Å²) in [4.78, 5) is 11.3. The molecule has 0 radical (unpaired) electrons. The number of rotatable bonds is 4. The smallest absolute Gasteiger partial charge is 0.338 e. The van der Waals surface area contributed by atoms with Crippen molar-refractivity contribution in [3.63, 3.8) is 0 Å². The van der Waals surface area contributed by atoms with Crippen molar-refractivity contribution >= 4 is 11.7 Å². The SMILES string of the molecule is Nc1cccc(COc2ccc3c(c2)CCC3)c1C(=O)O. The van der Waals surface area contributed by atoms with Crippen molar-refractivity contribution in [2.45, 2.75) is 25.9 Å². The fourth-order valence-electron chi connectivity index (χ4n) is 2.80. The van der Waals surface area contributed by atoms with E-state index in [4.69, 9.17) is 10.5 Å². The molecule has 1 aliphatic rings. The van der Waals surface area contributed by atoms with Crippen LogP contribution in [0, 0.1) is 0 Å². The molecule has 0 atom stereocenters. The Labute approximate surface area is 123 Å². The average molecular weight is 283 g/mol. The summed E-state index contributed by atoms with van der Waals surface area (Å²) in [5.74, 6) is -0.255. The molecular formula is C17H17NO3. The molecule has 3 N–H and O–H groups in total. The maximum Gasteiger partial charge on any atom is 0.338 e. The number of nitrogen functional groups attached to an aromatic ring is 1. The summed E-state index contributed by atoms with van der Waals surface area (Å²) in [6, 6.07) is 11.1. The average Bonchev–Trinajstić information content (AvgIpc) is 2.92. The van der Waals surface area contributed by atoms with Crippen LogP contribution in [0.25, 0.3) is 0 Å².